The van der Waals surface area contributed by atoms with E-state index >= 15 is 0 Å². The van der Waals surface area contributed by atoms with Crippen LogP contribution in [0.1, 0.15) is 17.3 Å². The Morgan fingerprint density at radius 2 is 0.596 bits per heavy atom. The minimum absolute atomic E-state index is 0.201. The molecule has 0 bridgehead atoms. The average molecular weight is 679 g/mol. The van der Waals surface area contributed by atoms with E-state index in [1.165, 1.54) is 0 Å². The van der Waals surface area contributed by atoms with E-state index in [1.54, 1.807) is 24.3 Å². The predicted octanol–water partition coefficient (Wildman–Crippen LogP) is 2.06. The van der Waals surface area contributed by atoms with Crippen LogP contribution in [0.2, 0.25) is 0 Å². The maximum absolute atomic E-state index is 11.8. The molecule has 0 aromatic heterocycles. The molecule has 0 aliphatic heterocycles. The van der Waals surface area contributed by atoms with Gasteiger partial charge in [-0.1, -0.05) is 18.2 Å². The molecule has 47 heavy (non-hydrogen) atoms. The molecule has 274 valence electrons. The lowest BCUT2D eigenvalue weighted by Crippen LogP contribution is -2.15. The second kappa shape index (κ2) is 37.0. The van der Waals surface area contributed by atoms with Crippen molar-refractivity contribution in [3.05, 3.63) is 35.9 Å². The Hall–Kier alpha value is -1.79. The molecule has 1 aromatic rings. The van der Waals surface area contributed by atoms with Gasteiger partial charge in [-0.15, -0.1) is 0 Å². The Morgan fingerprint density at radius 3 is 0.851 bits per heavy atom. The maximum atomic E-state index is 11.8. The zero-order valence-corrected chi connectivity index (χ0v) is 28.3. The lowest BCUT2D eigenvalue weighted by atomic mass is 10.2. The van der Waals surface area contributed by atoms with Gasteiger partial charge in [0.2, 0.25) is 0 Å². The van der Waals surface area contributed by atoms with Crippen molar-refractivity contribution in [2.75, 3.05) is 165 Å². The molecule has 0 heterocycles. The van der Waals surface area contributed by atoms with Crippen molar-refractivity contribution in [2.45, 2.75) is 6.92 Å². The first-order valence-electron chi connectivity index (χ1n) is 16.5. The zero-order valence-electron chi connectivity index (χ0n) is 28.3. The van der Waals surface area contributed by atoms with E-state index in [-0.39, 0.29) is 12.6 Å². The minimum atomic E-state index is -0.357. The maximum Gasteiger partial charge on any atom is 0.338 e. The Bertz CT molecular complexity index is 758. The number of carbonyl (C=O) groups excluding carboxylic acids is 1. The molecule has 0 aliphatic carbocycles. The summed E-state index contributed by atoms with van der Waals surface area (Å²) in [6, 6.07) is 8.85. The summed E-state index contributed by atoms with van der Waals surface area (Å²) in [5, 5.41) is 0. The molecule has 0 N–H and O–H groups in total. The molecular formula is C33H58O14. The molecular weight excluding hydrogens is 620 g/mol. The molecule has 0 fully saturated rings. The first kappa shape index (κ1) is 43.2. The standard InChI is InChI=1S/C33H58O14/c1-2-35-8-9-36-10-11-37-12-13-38-14-15-39-16-17-40-18-19-41-20-21-42-22-23-43-24-25-44-26-27-45-28-29-46-30-31-47-33(34)32-6-4-3-5-7-32/h3-7H,2,8-31H2,1H3. The van der Waals surface area contributed by atoms with Crippen molar-refractivity contribution in [3.63, 3.8) is 0 Å². The van der Waals surface area contributed by atoms with Gasteiger partial charge in [0.05, 0.1) is 158 Å². The lowest BCUT2D eigenvalue weighted by Gasteiger charge is -2.09. The van der Waals surface area contributed by atoms with Crippen LogP contribution < -0.4 is 0 Å². The average Bonchev–Trinajstić information content (AvgIpc) is 3.10. The summed E-state index contributed by atoms with van der Waals surface area (Å²) in [4.78, 5) is 11.8. The molecule has 0 aliphatic rings. The summed E-state index contributed by atoms with van der Waals surface area (Å²) in [6.45, 7) is 14.4. The quantitative estimate of drug-likeness (QED) is 0.0745. The van der Waals surface area contributed by atoms with E-state index in [1.807, 2.05) is 13.0 Å². The van der Waals surface area contributed by atoms with Crippen LogP contribution >= 0.6 is 0 Å². The summed E-state index contributed by atoms with van der Waals surface area (Å²) in [5.74, 6) is -0.357. The summed E-state index contributed by atoms with van der Waals surface area (Å²) in [6.07, 6.45) is 0. The van der Waals surface area contributed by atoms with Crippen molar-refractivity contribution in [1.82, 2.24) is 0 Å². The second-order valence-electron chi connectivity index (χ2n) is 9.43. The number of benzene rings is 1. The molecule has 0 spiro atoms. The van der Waals surface area contributed by atoms with Crippen LogP contribution in [0.5, 0.6) is 0 Å². The number of rotatable bonds is 38. The van der Waals surface area contributed by atoms with Crippen LogP contribution in [-0.4, -0.2) is 171 Å². The third-order valence-electron chi connectivity index (χ3n) is 5.77. The fourth-order valence-corrected chi connectivity index (χ4v) is 3.41. The van der Waals surface area contributed by atoms with Gasteiger partial charge in [-0.2, -0.15) is 0 Å². The Morgan fingerprint density at radius 1 is 0.362 bits per heavy atom. The highest BCUT2D eigenvalue weighted by Crippen LogP contribution is 2.00. The van der Waals surface area contributed by atoms with E-state index in [0.29, 0.717) is 164 Å². The topological polar surface area (TPSA) is 137 Å². The van der Waals surface area contributed by atoms with Crippen molar-refractivity contribution >= 4 is 5.97 Å². The summed E-state index contributed by atoms with van der Waals surface area (Å²) < 4.78 is 70.2. The molecule has 0 radical (unpaired) electrons. The molecule has 0 amide bonds. The highest BCUT2D eigenvalue weighted by atomic mass is 16.6. The van der Waals surface area contributed by atoms with E-state index < -0.39 is 0 Å². The molecule has 14 nitrogen and oxygen atoms in total. The SMILES string of the molecule is CCOCCOCCOCCOCCOCCOCCOCCOCCOCCOCCOCCOCCOC(=O)c1ccccc1. The number of ether oxygens (including phenoxy) is 13. The van der Waals surface area contributed by atoms with E-state index in [0.717, 1.165) is 0 Å². The van der Waals surface area contributed by atoms with Crippen molar-refractivity contribution in [1.29, 1.82) is 0 Å². The molecule has 0 saturated heterocycles. The fraction of sp³-hybridized carbons (Fsp3) is 0.788. The molecule has 1 aromatic carbocycles. The Labute approximate surface area is 280 Å². The van der Waals surface area contributed by atoms with Crippen LogP contribution in [-0.2, 0) is 61.6 Å². The first-order chi connectivity index (χ1) is 23.3. The third kappa shape index (κ3) is 32.5. The van der Waals surface area contributed by atoms with Crippen LogP contribution in [0.4, 0.5) is 0 Å². The Kier molecular flexibility index (Phi) is 34.1. The van der Waals surface area contributed by atoms with Gasteiger partial charge in [-0.3, -0.25) is 0 Å². The van der Waals surface area contributed by atoms with Gasteiger partial charge in [0, 0.05) is 6.61 Å². The van der Waals surface area contributed by atoms with Gasteiger partial charge >= 0.3 is 5.97 Å². The fourth-order valence-electron chi connectivity index (χ4n) is 3.41. The number of carbonyl (C=O) groups is 1. The summed E-state index contributed by atoms with van der Waals surface area (Å²) >= 11 is 0. The first-order valence-corrected chi connectivity index (χ1v) is 16.5. The highest BCUT2D eigenvalue weighted by Gasteiger charge is 2.05. The number of hydrogen-bond acceptors (Lipinski definition) is 14. The summed E-state index contributed by atoms with van der Waals surface area (Å²) in [5.41, 5.74) is 0.525. The van der Waals surface area contributed by atoms with E-state index in [9.17, 15) is 4.79 Å². The van der Waals surface area contributed by atoms with Gasteiger partial charge < -0.3 is 61.6 Å². The Balaban J connectivity index is 1.63. The second-order valence-corrected chi connectivity index (χ2v) is 9.43. The van der Waals surface area contributed by atoms with Crippen molar-refractivity contribution < 1.29 is 66.4 Å². The smallest absolute Gasteiger partial charge is 0.338 e. The van der Waals surface area contributed by atoms with Crippen LogP contribution in [0.3, 0.4) is 0 Å². The zero-order chi connectivity index (χ0) is 33.6. The monoisotopic (exact) mass is 678 g/mol. The molecule has 0 saturated carbocycles. The predicted molar refractivity (Wildman–Crippen MR) is 172 cm³/mol. The van der Waals surface area contributed by atoms with Crippen LogP contribution in [0, 0.1) is 0 Å². The van der Waals surface area contributed by atoms with Gasteiger partial charge in [0.15, 0.2) is 0 Å². The highest BCUT2D eigenvalue weighted by molar-refractivity contribution is 5.89. The third-order valence-corrected chi connectivity index (χ3v) is 5.77. The number of hydrogen-bond donors (Lipinski definition) is 0. The normalized spacial score (nSPS) is 11.3. The van der Waals surface area contributed by atoms with Crippen LogP contribution in [0.25, 0.3) is 0 Å². The van der Waals surface area contributed by atoms with Gasteiger partial charge in [-0.05, 0) is 19.1 Å². The largest absolute Gasteiger partial charge is 0.460 e. The van der Waals surface area contributed by atoms with E-state index in [2.05, 4.69) is 0 Å². The molecule has 14 heteroatoms. The lowest BCUT2D eigenvalue weighted by molar-refractivity contribution is -0.0287. The summed E-state index contributed by atoms with van der Waals surface area (Å²) in [7, 11) is 0. The molecule has 0 unspecified atom stereocenters. The van der Waals surface area contributed by atoms with E-state index in [4.69, 9.17) is 61.6 Å². The van der Waals surface area contributed by atoms with Gasteiger partial charge in [0.25, 0.3) is 0 Å². The molecule has 1 rings (SSSR count). The van der Waals surface area contributed by atoms with Gasteiger partial charge in [-0.25, -0.2) is 4.79 Å². The van der Waals surface area contributed by atoms with Crippen LogP contribution in [0.15, 0.2) is 30.3 Å². The van der Waals surface area contributed by atoms with Gasteiger partial charge in [0.1, 0.15) is 6.61 Å². The molecule has 0 atom stereocenters. The van der Waals surface area contributed by atoms with Crippen molar-refractivity contribution in [2.24, 2.45) is 0 Å². The van der Waals surface area contributed by atoms with Crippen molar-refractivity contribution in [3.8, 4) is 0 Å². The number of esters is 1. The minimum Gasteiger partial charge on any atom is -0.460 e.